The molecule has 1 aromatic carbocycles. The lowest BCUT2D eigenvalue weighted by Gasteiger charge is -2.17. The van der Waals surface area contributed by atoms with Crippen LogP contribution in [0.25, 0.3) is 16.8 Å². The number of benzene rings is 1. The maximum Gasteiger partial charge on any atom is 0.150 e. The fraction of sp³-hybridized carbons (Fsp3) is 0.0952. The number of aromatic nitrogens is 3. The van der Waals surface area contributed by atoms with Crippen LogP contribution in [-0.4, -0.2) is 14.4 Å². The summed E-state index contributed by atoms with van der Waals surface area (Å²) in [5.74, 6) is 0.610. The fourth-order valence-corrected chi connectivity index (χ4v) is 3.28. The van der Waals surface area contributed by atoms with E-state index in [0.29, 0.717) is 5.82 Å². The topological polar surface area (TPSA) is 92.0 Å². The van der Waals surface area contributed by atoms with Crippen LogP contribution in [0.5, 0.6) is 0 Å². The van der Waals surface area contributed by atoms with E-state index in [9.17, 15) is 5.26 Å². The summed E-state index contributed by atoms with van der Waals surface area (Å²) < 4.78 is 2.17. The first kappa shape index (κ1) is 16.6. The largest absolute Gasteiger partial charge is 0.382 e. The van der Waals surface area contributed by atoms with Crippen molar-refractivity contribution in [2.24, 2.45) is 0 Å². The Morgan fingerprint density at radius 3 is 2.67 bits per heavy atom. The molecule has 3 heterocycles. The van der Waals surface area contributed by atoms with Crippen molar-refractivity contribution in [3.63, 3.8) is 0 Å². The molecule has 3 aromatic heterocycles. The molecule has 1 unspecified atom stereocenters. The molecule has 0 saturated heterocycles. The number of hydrogen-bond acceptors (Lipinski definition) is 5. The van der Waals surface area contributed by atoms with Gasteiger partial charge in [-0.1, -0.05) is 36.4 Å². The standard InChI is InChI=1S/C21H18N6/c1-14(26-21-18(12-22)20(23)24-13-25-21)17-11-16-9-5-6-10-27(16)19(17)15-7-3-2-4-8-15/h2-11,13-14H,1H3,(H3,23,24,25,26). The van der Waals surface area contributed by atoms with E-state index in [2.05, 4.69) is 56.2 Å². The van der Waals surface area contributed by atoms with Crippen molar-refractivity contribution in [3.05, 3.63) is 78.2 Å². The van der Waals surface area contributed by atoms with Crippen LogP contribution in [0.4, 0.5) is 11.6 Å². The first-order valence-electron chi connectivity index (χ1n) is 8.61. The smallest absolute Gasteiger partial charge is 0.150 e. The van der Waals surface area contributed by atoms with E-state index in [1.165, 1.54) is 6.33 Å². The number of anilines is 2. The van der Waals surface area contributed by atoms with Gasteiger partial charge in [0.25, 0.3) is 0 Å². The number of nitriles is 1. The highest BCUT2D eigenvalue weighted by Crippen LogP contribution is 2.33. The van der Waals surface area contributed by atoms with E-state index in [0.717, 1.165) is 22.3 Å². The predicted octanol–water partition coefficient (Wildman–Crippen LogP) is 4.02. The number of rotatable bonds is 4. The molecule has 0 amide bonds. The number of hydrogen-bond donors (Lipinski definition) is 2. The molecule has 132 valence electrons. The Morgan fingerprint density at radius 2 is 1.89 bits per heavy atom. The molecule has 0 aliphatic rings. The second-order valence-corrected chi connectivity index (χ2v) is 6.27. The summed E-state index contributed by atoms with van der Waals surface area (Å²) in [7, 11) is 0. The number of nitrogens with two attached hydrogens (primary N) is 1. The Kier molecular flexibility index (Phi) is 4.19. The number of nitrogens with one attached hydrogen (secondary N) is 1. The van der Waals surface area contributed by atoms with Crippen molar-refractivity contribution in [3.8, 4) is 17.3 Å². The molecule has 6 heteroatoms. The van der Waals surface area contributed by atoms with Crippen LogP contribution in [0.3, 0.4) is 0 Å². The Balaban J connectivity index is 1.82. The Bertz CT molecular complexity index is 1140. The zero-order valence-corrected chi connectivity index (χ0v) is 14.8. The van der Waals surface area contributed by atoms with Crippen LogP contribution in [0, 0.1) is 11.3 Å². The van der Waals surface area contributed by atoms with Gasteiger partial charge in [-0.2, -0.15) is 5.26 Å². The molecule has 3 N–H and O–H groups in total. The second-order valence-electron chi connectivity index (χ2n) is 6.27. The fourth-order valence-electron chi connectivity index (χ4n) is 3.28. The Hall–Kier alpha value is -3.85. The molecule has 0 aliphatic heterocycles. The molecular formula is C21H18N6. The molecule has 4 aromatic rings. The minimum Gasteiger partial charge on any atom is -0.382 e. The first-order chi connectivity index (χ1) is 13.2. The van der Waals surface area contributed by atoms with Gasteiger partial charge in [0.1, 0.15) is 29.6 Å². The Labute approximate surface area is 156 Å². The summed E-state index contributed by atoms with van der Waals surface area (Å²) in [6.07, 6.45) is 3.41. The number of nitrogens with zero attached hydrogens (tertiary/aromatic N) is 4. The second kappa shape index (κ2) is 6.81. The van der Waals surface area contributed by atoms with E-state index in [1.54, 1.807) is 0 Å². The van der Waals surface area contributed by atoms with Gasteiger partial charge in [-0.25, -0.2) is 9.97 Å². The zero-order valence-electron chi connectivity index (χ0n) is 14.8. The molecular weight excluding hydrogens is 336 g/mol. The molecule has 0 saturated carbocycles. The summed E-state index contributed by atoms with van der Waals surface area (Å²) in [5, 5.41) is 12.7. The van der Waals surface area contributed by atoms with Gasteiger partial charge in [0.05, 0.1) is 11.7 Å². The average Bonchev–Trinajstić information content (AvgIpc) is 3.08. The maximum absolute atomic E-state index is 9.38. The molecule has 0 radical (unpaired) electrons. The van der Waals surface area contributed by atoms with E-state index in [-0.39, 0.29) is 17.4 Å². The monoisotopic (exact) mass is 354 g/mol. The summed E-state index contributed by atoms with van der Waals surface area (Å²) >= 11 is 0. The van der Waals surface area contributed by atoms with Crippen molar-refractivity contribution >= 4 is 17.2 Å². The van der Waals surface area contributed by atoms with Gasteiger partial charge in [-0.3, -0.25) is 0 Å². The third kappa shape index (κ3) is 2.96. The molecule has 6 nitrogen and oxygen atoms in total. The molecule has 0 fully saturated rings. The highest BCUT2D eigenvalue weighted by Gasteiger charge is 2.19. The number of fused-ring (bicyclic) bond motifs is 1. The van der Waals surface area contributed by atoms with Crippen LogP contribution in [0.2, 0.25) is 0 Å². The first-order valence-corrected chi connectivity index (χ1v) is 8.61. The minimum absolute atomic E-state index is 0.0958. The summed E-state index contributed by atoms with van der Waals surface area (Å²) in [6.45, 7) is 2.04. The van der Waals surface area contributed by atoms with Crippen molar-refractivity contribution in [1.82, 2.24) is 14.4 Å². The van der Waals surface area contributed by atoms with Gasteiger partial charge in [0.15, 0.2) is 0 Å². The summed E-state index contributed by atoms with van der Waals surface area (Å²) in [4.78, 5) is 8.09. The van der Waals surface area contributed by atoms with Crippen LogP contribution in [0.15, 0.2) is 67.1 Å². The Morgan fingerprint density at radius 1 is 1.11 bits per heavy atom. The molecule has 0 bridgehead atoms. The summed E-state index contributed by atoms with van der Waals surface area (Å²) in [6, 6.07) is 20.5. The van der Waals surface area contributed by atoms with Gasteiger partial charge in [-0.15, -0.1) is 0 Å². The molecule has 0 aliphatic carbocycles. The van der Waals surface area contributed by atoms with Crippen molar-refractivity contribution in [2.45, 2.75) is 13.0 Å². The van der Waals surface area contributed by atoms with Gasteiger partial charge < -0.3 is 15.5 Å². The van der Waals surface area contributed by atoms with E-state index < -0.39 is 0 Å². The SMILES string of the molecule is CC(Nc1ncnc(N)c1C#N)c1cc2ccccn2c1-c1ccccc1. The third-order valence-electron chi connectivity index (χ3n) is 4.56. The van der Waals surface area contributed by atoms with Crippen molar-refractivity contribution < 1.29 is 0 Å². The third-order valence-corrected chi connectivity index (χ3v) is 4.56. The highest BCUT2D eigenvalue weighted by atomic mass is 15.1. The average molecular weight is 354 g/mol. The highest BCUT2D eigenvalue weighted by molar-refractivity contribution is 5.73. The van der Waals surface area contributed by atoms with Crippen LogP contribution in [0.1, 0.15) is 24.1 Å². The predicted molar refractivity (Wildman–Crippen MR) is 106 cm³/mol. The quantitative estimate of drug-likeness (QED) is 0.577. The van der Waals surface area contributed by atoms with E-state index in [1.807, 2.05) is 37.3 Å². The summed E-state index contributed by atoms with van der Waals surface area (Å²) in [5.41, 5.74) is 10.5. The van der Waals surface area contributed by atoms with Crippen LogP contribution in [-0.2, 0) is 0 Å². The van der Waals surface area contributed by atoms with Crippen LogP contribution >= 0.6 is 0 Å². The van der Waals surface area contributed by atoms with Gasteiger partial charge in [0, 0.05) is 17.3 Å². The number of nitrogen functional groups attached to an aromatic ring is 1. The minimum atomic E-state index is -0.0958. The van der Waals surface area contributed by atoms with Gasteiger partial charge >= 0.3 is 0 Å². The molecule has 27 heavy (non-hydrogen) atoms. The maximum atomic E-state index is 9.38. The molecule has 4 rings (SSSR count). The molecule has 1 atom stereocenters. The lowest BCUT2D eigenvalue weighted by atomic mass is 10.0. The van der Waals surface area contributed by atoms with Gasteiger partial charge in [-0.05, 0) is 30.7 Å². The lowest BCUT2D eigenvalue weighted by molar-refractivity contribution is 0.873. The normalized spacial score (nSPS) is 11.9. The number of pyridine rings is 1. The van der Waals surface area contributed by atoms with Gasteiger partial charge in [0.2, 0.25) is 0 Å². The van der Waals surface area contributed by atoms with Crippen molar-refractivity contribution in [2.75, 3.05) is 11.1 Å². The zero-order chi connectivity index (χ0) is 18.8. The van der Waals surface area contributed by atoms with Crippen LogP contribution < -0.4 is 11.1 Å². The van der Waals surface area contributed by atoms with Crippen molar-refractivity contribution in [1.29, 1.82) is 5.26 Å². The lowest BCUT2D eigenvalue weighted by Crippen LogP contribution is -2.11. The van der Waals surface area contributed by atoms with E-state index >= 15 is 0 Å². The van der Waals surface area contributed by atoms with E-state index in [4.69, 9.17) is 5.73 Å². The molecule has 0 spiro atoms.